The Morgan fingerprint density at radius 3 is 2.60 bits per heavy atom. The van der Waals surface area contributed by atoms with Crippen LogP contribution in [0.2, 0.25) is 0 Å². The minimum atomic E-state index is -0.683. The van der Waals surface area contributed by atoms with Crippen LogP contribution in [0.1, 0.15) is 0 Å². The van der Waals surface area contributed by atoms with Crippen molar-refractivity contribution in [3.8, 4) is 0 Å². The van der Waals surface area contributed by atoms with Gasteiger partial charge < -0.3 is 15.4 Å². The fraction of sp³-hybridized carbons (Fsp3) is 0.200. The first kappa shape index (κ1) is 14.0. The van der Waals surface area contributed by atoms with Crippen LogP contribution in [0.3, 0.4) is 0 Å². The highest BCUT2D eigenvalue weighted by Crippen LogP contribution is 2.22. The van der Waals surface area contributed by atoms with E-state index in [1.54, 1.807) is 6.07 Å². The van der Waals surface area contributed by atoms with Gasteiger partial charge in [-0.1, -0.05) is 36.4 Å². The predicted octanol–water partition coefficient (Wildman–Crippen LogP) is 1.54. The molecule has 2 aromatic carbocycles. The Labute approximate surface area is 116 Å². The van der Waals surface area contributed by atoms with Gasteiger partial charge in [-0.3, -0.25) is 9.59 Å². The zero-order valence-electron chi connectivity index (χ0n) is 11.2. The molecule has 0 aliphatic carbocycles. The van der Waals surface area contributed by atoms with Gasteiger partial charge in [-0.2, -0.15) is 0 Å². The van der Waals surface area contributed by atoms with Crippen molar-refractivity contribution < 1.29 is 14.3 Å². The zero-order valence-corrected chi connectivity index (χ0v) is 11.2. The summed E-state index contributed by atoms with van der Waals surface area (Å²) in [7, 11) is 1.53. The van der Waals surface area contributed by atoms with Crippen molar-refractivity contribution in [3.63, 3.8) is 0 Å². The van der Waals surface area contributed by atoms with E-state index in [-0.39, 0.29) is 0 Å². The van der Waals surface area contributed by atoms with Crippen molar-refractivity contribution in [2.45, 2.75) is 0 Å². The molecule has 2 amide bonds. The number of hydrogen-bond acceptors (Lipinski definition) is 3. The largest absolute Gasteiger partial charge is 0.383 e. The summed E-state index contributed by atoms with van der Waals surface area (Å²) in [6, 6.07) is 13.2. The molecule has 2 rings (SSSR count). The fourth-order valence-corrected chi connectivity index (χ4v) is 1.86. The summed E-state index contributed by atoms with van der Waals surface area (Å²) < 4.78 is 4.80. The minimum absolute atomic E-state index is 0.304. The second kappa shape index (κ2) is 6.68. The number of ether oxygens (including phenoxy) is 1. The third-order valence-corrected chi connectivity index (χ3v) is 2.84. The molecular formula is C15H16N2O3. The molecule has 0 saturated heterocycles. The Morgan fingerprint density at radius 2 is 1.80 bits per heavy atom. The summed E-state index contributed by atoms with van der Waals surface area (Å²) >= 11 is 0. The summed E-state index contributed by atoms with van der Waals surface area (Å²) in [5.41, 5.74) is 0.620. The summed E-state index contributed by atoms with van der Waals surface area (Å²) in [5, 5.41) is 7.00. The number of benzene rings is 2. The van der Waals surface area contributed by atoms with Crippen LogP contribution in [0, 0.1) is 0 Å². The first-order chi connectivity index (χ1) is 9.72. The molecule has 5 nitrogen and oxygen atoms in total. The fourth-order valence-electron chi connectivity index (χ4n) is 1.86. The molecule has 2 N–H and O–H groups in total. The number of amides is 2. The molecule has 20 heavy (non-hydrogen) atoms. The number of fused-ring (bicyclic) bond motifs is 1. The zero-order chi connectivity index (χ0) is 14.4. The number of carbonyl (C=O) groups excluding carboxylic acids is 2. The van der Waals surface area contributed by atoms with Crippen LogP contribution in [0.25, 0.3) is 10.8 Å². The first-order valence-electron chi connectivity index (χ1n) is 6.28. The van der Waals surface area contributed by atoms with E-state index in [4.69, 9.17) is 4.74 Å². The molecule has 0 unspecified atom stereocenters. The summed E-state index contributed by atoms with van der Waals surface area (Å²) in [4.78, 5) is 23.4. The van der Waals surface area contributed by atoms with Gasteiger partial charge in [0.1, 0.15) is 0 Å². The first-order valence-corrected chi connectivity index (χ1v) is 6.28. The summed E-state index contributed by atoms with van der Waals surface area (Å²) in [6.45, 7) is 0.672. The van der Waals surface area contributed by atoms with Gasteiger partial charge in [-0.15, -0.1) is 0 Å². The highest BCUT2D eigenvalue weighted by molar-refractivity contribution is 6.40. The quantitative estimate of drug-likeness (QED) is 0.655. The molecule has 0 radical (unpaired) electrons. The van der Waals surface area contributed by atoms with Crippen molar-refractivity contribution in [2.75, 3.05) is 25.6 Å². The average Bonchev–Trinajstić information content (AvgIpc) is 2.47. The van der Waals surface area contributed by atoms with E-state index in [9.17, 15) is 9.59 Å². The van der Waals surface area contributed by atoms with Gasteiger partial charge in [-0.25, -0.2) is 0 Å². The smallest absolute Gasteiger partial charge is 0.313 e. The number of hydrogen-bond donors (Lipinski definition) is 2. The number of rotatable bonds is 4. The highest BCUT2D eigenvalue weighted by atomic mass is 16.5. The van der Waals surface area contributed by atoms with Gasteiger partial charge in [0, 0.05) is 24.7 Å². The lowest BCUT2D eigenvalue weighted by atomic mass is 10.1. The molecule has 0 heterocycles. The second-order valence-corrected chi connectivity index (χ2v) is 4.23. The van der Waals surface area contributed by atoms with Gasteiger partial charge in [0.2, 0.25) is 0 Å². The van der Waals surface area contributed by atoms with E-state index >= 15 is 0 Å². The Morgan fingerprint density at radius 1 is 1.05 bits per heavy atom. The van der Waals surface area contributed by atoms with Crippen molar-refractivity contribution in [3.05, 3.63) is 42.5 Å². The van der Waals surface area contributed by atoms with Crippen LogP contribution >= 0.6 is 0 Å². The van der Waals surface area contributed by atoms with Crippen LogP contribution in [0.5, 0.6) is 0 Å². The van der Waals surface area contributed by atoms with E-state index in [0.717, 1.165) is 10.8 Å². The molecule has 0 atom stereocenters. The lowest BCUT2D eigenvalue weighted by Crippen LogP contribution is -2.37. The van der Waals surface area contributed by atoms with Crippen molar-refractivity contribution >= 4 is 28.3 Å². The molecule has 0 aliphatic rings. The highest BCUT2D eigenvalue weighted by Gasteiger charge is 2.13. The SMILES string of the molecule is COCCNC(=O)C(=O)Nc1cccc2ccccc12. The number of carbonyl (C=O) groups is 2. The maximum atomic E-state index is 11.8. The Hall–Kier alpha value is -2.40. The molecule has 0 bridgehead atoms. The van der Waals surface area contributed by atoms with E-state index in [1.807, 2.05) is 36.4 Å². The average molecular weight is 272 g/mol. The van der Waals surface area contributed by atoms with E-state index in [2.05, 4.69) is 10.6 Å². The van der Waals surface area contributed by atoms with Gasteiger partial charge in [0.05, 0.1) is 6.61 Å². The van der Waals surface area contributed by atoms with Crippen molar-refractivity contribution in [1.82, 2.24) is 5.32 Å². The predicted molar refractivity (Wildman–Crippen MR) is 77.5 cm³/mol. The van der Waals surface area contributed by atoms with Crippen molar-refractivity contribution in [2.24, 2.45) is 0 Å². The standard InChI is InChI=1S/C15H16N2O3/c1-20-10-9-16-14(18)15(19)17-13-8-4-6-11-5-2-3-7-12(11)13/h2-8H,9-10H2,1H3,(H,16,18)(H,17,19). The van der Waals surface area contributed by atoms with Crippen LogP contribution in [-0.2, 0) is 14.3 Å². The molecule has 0 aromatic heterocycles. The van der Waals surface area contributed by atoms with E-state index < -0.39 is 11.8 Å². The molecule has 0 aliphatic heterocycles. The molecule has 104 valence electrons. The number of anilines is 1. The Kier molecular flexibility index (Phi) is 4.68. The van der Waals surface area contributed by atoms with Gasteiger partial charge in [0.25, 0.3) is 0 Å². The van der Waals surface area contributed by atoms with Crippen LogP contribution in [0.15, 0.2) is 42.5 Å². The topological polar surface area (TPSA) is 67.4 Å². The third kappa shape index (κ3) is 3.33. The second-order valence-electron chi connectivity index (χ2n) is 4.23. The van der Waals surface area contributed by atoms with Crippen LogP contribution in [0.4, 0.5) is 5.69 Å². The Bertz CT molecular complexity index is 620. The Balaban J connectivity index is 2.08. The summed E-state index contributed by atoms with van der Waals surface area (Å²) in [5.74, 6) is -1.35. The number of nitrogens with one attached hydrogen (secondary N) is 2. The minimum Gasteiger partial charge on any atom is -0.383 e. The maximum Gasteiger partial charge on any atom is 0.313 e. The van der Waals surface area contributed by atoms with E-state index in [0.29, 0.717) is 18.8 Å². The normalized spacial score (nSPS) is 10.2. The molecule has 2 aromatic rings. The summed E-state index contributed by atoms with van der Waals surface area (Å²) in [6.07, 6.45) is 0. The van der Waals surface area contributed by atoms with Crippen LogP contribution in [-0.4, -0.2) is 32.1 Å². The lowest BCUT2D eigenvalue weighted by Gasteiger charge is -2.08. The molecule has 0 spiro atoms. The van der Waals surface area contributed by atoms with Gasteiger partial charge in [0.15, 0.2) is 0 Å². The van der Waals surface area contributed by atoms with Gasteiger partial charge in [-0.05, 0) is 11.5 Å². The maximum absolute atomic E-state index is 11.8. The number of methoxy groups -OCH3 is 1. The monoisotopic (exact) mass is 272 g/mol. The van der Waals surface area contributed by atoms with Crippen LogP contribution < -0.4 is 10.6 Å². The van der Waals surface area contributed by atoms with Crippen molar-refractivity contribution in [1.29, 1.82) is 0 Å². The molecular weight excluding hydrogens is 256 g/mol. The molecule has 5 heteroatoms. The van der Waals surface area contributed by atoms with E-state index in [1.165, 1.54) is 7.11 Å². The lowest BCUT2D eigenvalue weighted by molar-refractivity contribution is -0.136. The van der Waals surface area contributed by atoms with Gasteiger partial charge >= 0.3 is 11.8 Å². The molecule has 0 saturated carbocycles. The third-order valence-electron chi connectivity index (χ3n) is 2.84. The molecule has 0 fully saturated rings.